The summed E-state index contributed by atoms with van der Waals surface area (Å²) in [7, 11) is 2.03. The number of nitrogens with one attached hydrogen (secondary N) is 1. The van der Waals surface area contributed by atoms with Crippen LogP contribution in [0.3, 0.4) is 0 Å². The van der Waals surface area contributed by atoms with Crippen LogP contribution < -0.4 is 5.32 Å². The Bertz CT molecular complexity index is 355. The van der Waals surface area contributed by atoms with Crippen molar-refractivity contribution < 1.29 is 4.74 Å². The SMILES string of the molecule is CCC1CCC(CNC)(OCc2ccccc2)CC1. The molecule has 1 N–H and O–H groups in total. The van der Waals surface area contributed by atoms with Gasteiger partial charge < -0.3 is 10.1 Å². The zero-order valence-electron chi connectivity index (χ0n) is 12.3. The van der Waals surface area contributed by atoms with Crippen LogP contribution in [0.2, 0.25) is 0 Å². The van der Waals surface area contributed by atoms with Gasteiger partial charge in [0.15, 0.2) is 0 Å². The molecule has 1 aliphatic rings. The molecular weight excluding hydrogens is 234 g/mol. The lowest BCUT2D eigenvalue weighted by atomic mass is 9.77. The quantitative estimate of drug-likeness (QED) is 0.842. The topological polar surface area (TPSA) is 21.3 Å². The molecule has 1 saturated carbocycles. The first-order valence-electron chi connectivity index (χ1n) is 7.60. The zero-order valence-corrected chi connectivity index (χ0v) is 12.3. The molecule has 1 aliphatic carbocycles. The Morgan fingerprint density at radius 3 is 2.47 bits per heavy atom. The van der Waals surface area contributed by atoms with Crippen molar-refractivity contribution in [3.8, 4) is 0 Å². The second-order valence-corrected chi connectivity index (χ2v) is 5.84. The molecule has 1 aromatic rings. The van der Waals surface area contributed by atoms with Crippen molar-refractivity contribution >= 4 is 0 Å². The summed E-state index contributed by atoms with van der Waals surface area (Å²) in [6.45, 7) is 4.01. The highest BCUT2D eigenvalue weighted by Gasteiger charge is 2.35. The van der Waals surface area contributed by atoms with Crippen LogP contribution in [0.25, 0.3) is 0 Å². The molecule has 0 aliphatic heterocycles. The fourth-order valence-corrected chi connectivity index (χ4v) is 3.12. The molecule has 0 unspecified atom stereocenters. The van der Waals surface area contributed by atoms with Gasteiger partial charge >= 0.3 is 0 Å². The zero-order chi connectivity index (χ0) is 13.6. The summed E-state index contributed by atoms with van der Waals surface area (Å²) in [6, 6.07) is 10.5. The highest BCUT2D eigenvalue weighted by Crippen LogP contribution is 2.36. The Balaban J connectivity index is 1.92. The fourth-order valence-electron chi connectivity index (χ4n) is 3.12. The summed E-state index contributed by atoms with van der Waals surface area (Å²) in [4.78, 5) is 0. The molecule has 0 heterocycles. The van der Waals surface area contributed by atoms with E-state index in [1.54, 1.807) is 0 Å². The number of hydrogen-bond acceptors (Lipinski definition) is 2. The second-order valence-electron chi connectivity index (χ2n) is 5.84. The number of benzene rings is 1. The number of ether oxygens (including phenoxy) is 1. The summed E-state index contributed by atoms with van der Waals surface area (Å²) in [5.74, 6) is 0.908. The molecule has 0 bridgehead atoms. The highest BCUT2D eigenvalue weighted by atomic mass is 16.5. The first-order valence-corrected chi connectivity index (χ1v) is 7.60. The predicted molar refractivity (Wildman–Crippen MR) is 80.1 cm³/mol. The lowest BCUT2D eigenvalue weighted by Crippen LogP contribution is -2.45. The molecule has 1 aromatic carbocycles. The maximum atomic E-state index is 6.33. The van der Waals surface area contributed by atoms with Gasteiger partial charge in [0.05, 0.1) is 12.2 Å². The molecule has 2 heteroatoms. The second kappa shape index (κ2) is 7.06. The van der Waals surface area contributed by atoms with E-state index < -0.39 is 0 Å². The first-order chi connectivity index (χ1) is 9.28. The molecule has 2 rings (SSSR count). The highest BCUT2D eigenvalue weighted by molar-refractivity contribution is 5.13. The Morgan fingerprint density at radius 2 is 1.89 bits per heavy atom. The minimum atomic E-state index is 0.0518. The molecule has 19 heavy (non-hydrogen) atoms. The van der Waals surface area contributed by atoms with Crippen LogP contribution in [-0.4, -0.2) is 19.2 Å². The maximum absolute atomic E-state index is 6.33. The van der Waals surface area contributed by atoms with E-state index in [1.807, 2.05) is 7.05 Å². The molecule has 106 valence electrons. The fraction of sp³-hybridized carbons (Fsp3) is 0.647. The van der Waals surface area contributed by atoms with Gasteiger partial charge in [-0.15, -0.1) is 0 Å². The van der Waals surface area contributed by atoms with Gasteiger partial charge in [0.2, 0.25) is 0 Å². The van der Waals surface area contributed by atoms with Crippen LogP contribution >= 0.6 is 0 Å². The van der Waals surface area contributed by atoms with E-state index >= 15 is 0 Å². The van der Waals surface area contributed by atoms with E-state index in [0.29, 0.717) is 0 Å². The van der Waals surface area contributed by atoms with Crippen molar-refractivity contribution in [1.82, 2.24) is 5.32 Å². The van der Waals surface area contributed by atoms with Crippen LogP contribution in [0, 0.1) is 5.92 Å². The van der Waals surface area contributed by atoms with Crippen molar-refractivity contribution in [2.75, 3.05) is 13.6 Å². The average Bonchev–Trinajstić information content (AvgIpc) is 2.48. The van der Waals surface area contributed by atoms with E-state index in [4.69, 9.17) is 4.74 Å². The number of rotatable bonds is 6. The minimum Gasteiger partial charge on any atom is -0.369 e. The third-order valence-corrected chi connectivity index (χ3v) is 4.48. The largest absolute Gasteiger partial charge is 0.369 e. The van der Waals surface area contributed by atoms with E-state index in [0.717, 1.165) is 19.1 Å². The van der Waals surface area contributed by atoms with Gasteiger partial charge in [-0.05, 0) is 44.2 Å². The van der Waals surface area contributed by atoms with Crippen molar-refractivity contribution in [1.29, 1.82) is 0 Å². The summed E-state index contributed by atoms with van der Waals surface area (Å²) >= 11 is 0. The van der Waals surface area contributed by atoms with Crippen molar-refractivity contribution in [3.05, 3.63) is 35.9 Å². The first kappa shape index (κ1) is 14.5. The van der Waals surface area contributed by atoms with Crippen LogP contribution in [0.4, 0.5) is 0 Å². The van der Waals surface area contributed by atoms with Crippen molar-refractivity contribution in [2.24, 2.45) is 5.92 Å². The van der Waals surface area contributed by atoms with E-state index in [9.17, 15) is 0 Å². The summed E-state index contributed by atoms with van der Waals surface area (Å²) in [6.07, 6.45) is 6.33. The van der Waals surface area contributed by atoms with Crippen LogP contribution in [0.1, 0.15) is 44.6 Å². The number of hydrogen-bond donors (Lipinski definition) is 1. The smallest absolute Gasteiger partial charge is 0.0810 e. The molecule has 0 amide bonds. The van der Waals surface area contributed by atoms with Crippen LogP contribution in [0.15, 0.2) is 30.3 Å². The lowest BCUT2D eigenvalue weighted by Gasteiger charge is -2.40. The molecule has 0 saturated heterocycles. The van der Waals surface area contributed by atoms with Gasteiger partial charge in [-0.25, -0.2) is 0 Å². The molecule has 0 aromatic heterocycles. The van der Waals surface area contributed by atoms with Gasteiger partial charge in [-0.2, -0.15) is 0 Å². The summed E-state index contributed by atoms with van der Waals surface area (Å²) in [5, 5.41) is 3.32. The van der Waals surface area contributed by atoms with E-state index in [1.165, 1.54) is 37.7 Å². The van der Waals surface area contributed by atoms with Crippen LogP contribution in [0.5, 0.6) is 0 Å². The third-order valence-electron chi connectivity index (χ3n) is 4.48. The molecule has 0 radical (unpaired) electrons. The Hall–Kier alpha value is -0.860. The minimum absolute atomic E-state index is 0.0518. The summed E-state index contributed by atoms with van der Waals surface area (Å²) in [5.41, 5.74) is 1.33. The predicted octanol–water partition coefficient (Wildman–Crippen LogP) is 3.76. The Kier molecular flexibility index (Phi) is 5.41. The van der Waals surface area contributed by atoms with Gasteiger partial charge in [0.1, 0.15) is 0 Å². The maximum Gasteiger partial charge on any atom is 0.0810 e. The van der Waals surface area contributed by atoms with Gasteiger partial charge in [-0.1, -0.05) is 43.7 Å². The molecule has 1 fully saturated rings. The molecule has 0 spiro atoms. The lowest BCUT2D eigenvalue weighted by molar-refractivity contribution is -0.0853. The van der Waals surface area contributed by atoms with E-state index in [2.05, 4.69) is 42.6 Å². The monoisotopic (exact) mass is 261 g/mol. The summed E-state index contributed by atoms with van der Waals surface area (Å²) < 4.78 is 6.33. The number of likely N-dealkylation sites (N-methyl/N-ethyl adjacent to an activating group) is 1. The standard InChI is InChI=1S/C17H27NO/c1-3-15-9-11-17(12-10-15,14-18-2)19-13-16-7-5-4-6-8-16/h4-8,15,18H,3,9-14H2,1-2H3. The van der Waals surface area contributed by atoms with Gasteiger partial charge in [-0.3, -0.25) is 0 Å². The van der Waals surface area contributed by atoms with Crippen molar-refractivity contribution in [3.63, 3.8) is 0 Å². The molecule has 2 nitrogen and oxygen atoms in total. The third kappa shape index (κ3) is 4.05. The molecule has 0 atom stereocenters. The van der Waals surface area contributed by atoms with Gasteiger partial charge in [0.25, 0.3) is 0 Å². The Morgan fingerprint density at radius 1 is 1.21 bits per heavy atom. The van der Waals surface area contributed by atoms with Crippen LogP contribution in [-0.2, 0) is 11.3 Å². The molecular formula is C17H27NO. The average molecular weight is 261 g/mol. The Labute approximate surface area is 117 Å². The normalized spacial score (nSPS) is 27.4. The van der Waals surface area contributed by atoms with Crippen molar-refractivity contribution in [2.45, 2.75) is 51.2 Å². The van der Waals surface area contributed by atoms with Gasteiger partial charge in [0, 0.05) is 6.54 Å². The van der Waals surface area contributed by atoms with E-state index in [-0.39, 0.29) is 5.60 Å².